The first-order chi connectivity index (χ1) is 11.8. The predicted octanol–water partition coefficient (Wildman–Crippen LogP) is 1.38. The van der Waals surface area contributed by atoms with Crippen LogP contribution in [0.25, 0.3) is 0 Å². The zero-order chi connectivity index (χ0) is 18.4. The van der Waals surface area contributed by atoms with Crippen LogP contribution in [-0.4, -0.2) is 32.5 Å². The molecule has 0 aliphatic rings. The molecular formula is C17H21N3O4S. The highest BCUT2D eigenvalue weighted by Crippen LogP contribution is 2.21. The van der Waals surface area contributed by atoms with Gasteiger partial charge in [0.05, 0.1) is 30.3 Å². The molecule has 0 bridgehead atoms. The van der Waals surface area contributed by atoms with Crippen molar-refractivity contribution in [2.24, 2.45) is 0 Å². The topological polar surface area (TPSA) is 97.4 Å². The summed E-state index contributed by atoms with van der Waals surface area (Å²) in [5.41, 5.74) is 1.38. The molecule has 2 aromatic rings. The molecule has 0 aliphatic carbocycles. The lowest BCUT2D eigenvalue weighted by Gasteiger charge is -2.15. The number of aryl methyl sites for hydroxylation is 1. The number of nitrogens with one attached hydrogen (secondary N) is 2. The van der Waals surface area contributed by atoms with Crippen molar-refractivity contribution in [2.45, 2.75) is 31.3 Å². The van der Waals surface area contributed by atoms with Crippen LogP contribution < -0.4 is 14.8 Å². The molecule has 2 rings (SSSR count). The third-order valence-corrected chi connectivity index (χ3v) is 5.11. The van der Waals surface area contributed by atoms with E-state index in [9.17, 15) is 13.2 Å². The quantitative estimate of drug-likeness (QED) is 0.775. The van der Waals surface area contributed by atoms with Gasteiger partial charge in [-0.3, -0.25) is 9.78 Å². The first-order valence-electron chi connectivity index (χ1n) is 7.68. The summed E-state index contributed by atoms with van der Waals surface area (Å²) in [6, 6.07) is 8.96. The summed E-state index contributed by atoms with van der Waals surface area (Å²) in [6.07, 6.45) is 1.62. The molecule has 0 radical (unpaired) electrons. The molecule has 0 fully saturated rings. The van der Waals surface area contributed by atoms with E-state index in [1.807, 2.05) is 6.07 Å². The molecule has 1 amide bonds. The number of rotatable bonds is 7. The molecule has 134 valence electrons. The van der Waals surface area contributed by atoms with Crippen molar-refractivity contribution >= 4 is 15.9 Å². The second kappa shape index (κ2) is 8.09. The van der Waals surface area contributed by atoms with Gasteiger partial charge in [0.2, 0.25) is 15.9 Å². The average Bonchev–Trinajstić information content (AvgIpc) is 2.60. The molecule has 25 heavy (non-hydrogen) atoms. The second-order valence-electron chi connectivity index (χ2n) is 5.51. The van der Waals surface area contributed by atoms with Crippen LogP contribution in [0.3, 0.4) is 0 Å². The minimum absolute atomic E-state index is 0.0789. The van der Waals surface area contributed by atoms with Crippen molar-refractivity contribution in [3.63, 3.8) is 0 Å². The highest BCUT2D eigenvalue weighted by molar-refractivity contribution is 7.89. The number of hydrogen-bond donors (Lipinski definition) is 2. The van der Waals surface area contributed by atoms with E-state index < -0.39 is 22.0 Å². The Morgan fingerprint density at radius 2 is 2.04 bits per heavy atom. The number of carbonyl (C=O) groups excluding carboxylic acids is 1. The number of sulfonamides is 1. The minimum atomic E-state index is -3.82. The van der Waals surface area contributed by atoms with Gasteiger partial charge in [0.15, 0.2) is 0 Å². The van der Waals surface area contributed by atoms with Gasteiger partial charge in [-0.25, -0.2) is 8.42 Å². The number of methoxy groups -OCH3 is 1. The Hall–Kier alpha value is -2.45. The molecule has 0 saturated heterocycles. The number of pyridine rings is 1. The minimum Gasteiger partial charge on any atom is -0.496 e. The van der Waals surface area contributed by atoms with E-state index in [-0.39, 0.29) is 11.4 Å². The van der Waals surface area contributed by atoms with E-state index in [0.717, 1.165) is 0 Å². The molecule has 1 aromatic heterocycles. The van der Waals surface area contributed by atoms with Crippen LogP contribution in [0.5, 0.6) is 5.75 Å². The molecule has 2 N–H and O–H groups in total. The number of aromatic nitrogens is 1. The Morgan fingerprint density at radius 3 is 2.64 bits per heavy atom. The maximum Gasteiger partial charge on any atom is 0.241 e. The van der Waals surface area contributed by atoms with Crippen LogP contribution in [0.1, 0.15) is 18.2 Å². The third kappa shape index (κ3) is 5.01. The summed E-state index contributed by atoms with van der Waals surface area (Å²) in [4.78, 5) is 16.3. The molecule has 8 heteroatoms. The van der Waals surface area contributed by atoms with Gasteiger partial charge in [0, 0.05) is 6.20 Å². The van der Waals surface area contributed by atoms with Crippen LogP contribution >= 0.6 is 0 Å². The SMILES string of the molecule is COc1ccc(S(=O)(=O)NC(C)C(=O)NCc2ccccn2)cc1C. The summed E-state index contributed by atoms with van der Waals surface area (Å²) in [7, 11) is -2.30. The van der Waals surface area contributed by atoms with Gasteiger partial charge >= 0.3 is 0 Å². The summed E-state index contributed by atoms with van der Waals surface area (Å²) in [5.74, 6) is 0.166. The van der Waals surface area contributed by atoms with Crippen LogP contribution in [0.15, 0.2) is 47.5 Å². The largest absolute Gasteiger partial charge is 0.496 e. The monoisotopic (exact) mass is 363 g/mol. The van der Waals surface area contributed by atoms with Crippen LogP contribution in [0.4, 0.5) is 0 Å². The van der Waals surface area contributed by atoms with Crippen LogP contribution in [0, 0.1) is 6.92 Å². The van der Waals surface area contributed by atoms with Crippen molar-refractivity contribution in [3.8, 4) is 5.75 Å². The maximum atomic E-state index is 12.4. The van der Waals surface area contributed by atoms with Gasteiger partial charge in [-0.05, 0) is 49.7 Å². The van der Waals surface area contributed by atoms with Gasteiger partial charge in [0.1, 0.15) is 5.75 Å². The Balaban J connectivity index is 2.01. The number of amides is 1. The number of benzene rings is 1. The first-order valence-corrected chi connectivity index (χ1v) is 9.16. The number of ether oxygens (including phenoxy) is 1. The zero-order valence-corrected chi connectivity index (χ0v) is 15.1. The summed E-state index contributed by atoms with van der Waals surface area (Å²) in [5, 5.41) is 2.65. The third-order valence-electron chi connectivity index (χ3n) is 3.57. The lowest BCUT2D eigenvalue weighted by molar-refractivity contribution is -0.122. The smallest absolute Gasteiger partial charge is 0.241 e. The second-order valence-corrected chi connectivity index (χ2v) is 7.23. The zero-order valence-electron chi connectivity index (χ0n) is 14.3. The van der Waals surface area contributed by atoms with Gasteiger partial charge in [-0.2, -0.15) is 4.72 Å². The van der Waals surface area contributed by atoms with E-state index in [2.05, 4.69) is 15.0 Å². The van der Waals surface area contributed by atoms with Crippen molar-refractivity contribution in [1.29, 1.82) is 0 Å². The average molecular weight is 363 g/mol. The standard InChI is InChI=1S/C17H21N3O4S/c1-12-10-15(7-8-16(12)24-3)25(22,23)20-13(2)17(21)19-11-14-6-4-5-9-18-14/h4-10,13,20H,11H2,1-3H3,(H,19,21). The molecule has 0 aliphatic heterocycles. The fraction of sp³-hybridized carbons (Fsp3) is 0.294. The predicted molar refractivity (Wildman–Crippen MR) is 93.6 cm³/mol. The molecule has 1 unspecified atom stereocenters. The Kier molecular flexibility index (Phi) is 6.11. The van der Waals surface area contributed by atoms with Gasteiger partial charge in [-0.15, -0.1) is 0 Å². The lowest BCUT2D eigenvalue weighted by atomic mass is 10.2. The number of hydrogen-bond acceptors (Lipinski definition) is 5. The van der Waals surface area contributed by atoms with Crippen molar-refractivity contribution in [2.75, 3.05) is 7.11 Å². The molecule has 1 heterocycles. The van der Waals surface area contributed by atoms with Crippen molar-refractivity contribution in [3.05, 3.63) is 53.9 Å². The summed E-state index contributed by atoms with van der Waals surface area (Å²) in [6.45, 7) is 3.47. The molecule has 1 atom stereocenters. The van der Waals surface area contributed by atoms with Gasteiger partial charge in [0.25, 0.3) is 0 Å². The fourth-order valence-corrected chi connectivity index (χ4v) is 3.49. The first kappa shape index (κ1) is 18.9. The van der Waals surface area contributed by atoms with Crippen LogP contribution in [0.2, 0.25) is 0 Å². The summed E-state index contributed by atoms with van der Waals surface area (Å²) < 4.78 is 32.4. The summed E-state index contributed by atoms with van der Waals surface area (Å²) >= 11 is 0. The van der Waals surface area contributed by atoms with Gasteiger partial charge in [-0.1, -0.05) is 6.07 Å². The Morgan fingerprint density at radius 1 is 1.28 bits per heavy atom. The molecule has 0 saturated carbocycles. The van der Waals surface area contributed by atoms with E-state index in [4.69, 9.17) is 4.74 Å². The lowest BCUT2D eigenvalue weighted by Crippen LogP contribution is -2.44. The Labute approximate surface area is 147 Å². The van der Waals surface area contributed by atoms with E-state index in [1.54, 1.807) is 31.3 Å². The molecule has 0 spiro atoms. The van der Waals surface area contributed by atoms with Crippen molar-refractivity contribution < 1.29 is 17.9 Å². The number of carbonyl (C=O) groups is 1. The van der Waals surface area contributed by atoms with E-state index in [1.165, 1.54) is 26.2 Å². The van der Waals surface area contributed by atoms with E-state index in [0.29, 0.717) is 17.0 Å². The highest BCUT2D eigenvalue weighted by atomic mass is 32.2. The molecular weight excluding hydrogens is 342 g/mol. The normalized spacial score (nSPS) is 12.4. The molecule has 1 aromatic carbocycles. The van der Waals surface area contributed by atoms with Crippen molar-refractivity contribution in [1.82, 2.24) is 15.0 Å². The van der Waals surface area contributed by atoms with Gasteiger partial charge < -0.3 is 10.1 Å². The molecule has 7 nitrogen and oxygen atoms in total. The van der Waals surface area contributed by atoms with Crippen LogP contribution in [-0.2, 0) is 21.4 Å². The maximum absolute atomic E-state index is 12.4. The van der Waals surface area contributed by atoms with E-state index >= 15 is 0 Å². The number of nitrogens with zero attached hydrogens (tertiary/aromatic N) is 1. The fourth-order valence-electron chi connectivity index (χ4n) is 2.21. The highest BCUT2D eigenvalue weighted by Gasteiger charge is 2.22. The Bertz CT molecular complexity index is 838.